The molecule has 27 heavy (non-hydrogen) atoms. The van der Waals surface area contributed by atoms with Crippen LogP contribution < -0.4 is 10.2 Å². The fourth-order valence-corrected chi connectivity index (χ4v) is 4.93. The lowest BCUT2D eigenvalue weighted by Gasteiger charge is -2.31. The van der Waals surface area contributed by atoms with Crippen molar-refractivity contribution < 1.29 is 4.74 Å². The molecule has 1 saturated carbocycles. The molecule has 0 aromatic heterocycles. The molecule has 1 N–H and O–H groups in total. The summed E-state index contributed by atoms with van der Waals surface area (Å²) < 4.78 is 5.51. The molecule has 2 saturated heterocycles. The number of rotatable bonds is 3. The fourth-order valence-electron chi connectivity index (χ4n) is 4.93. The van der Waals surface area contributed by atoms with Crippen LogP contribution in [0, 0.1) is 5.41 Å². The lowest BCUT2D eigenvalue weighted by atomic mass is 9.86. The highest BCUT2D eigenvalue weighted by atomic mass is 127. The zero-order chi connectivity index (χ0) is 17.8. The molecule has 0 bridgehead atoms. The van der Waals surface area contributed by atoms with Crippen molar-refractivity contribution in [3.8, 4) is 0 Å². The first-order chi connectivity index (χ1) is 12.8. The van der Waals surface area contributed by atoms with Crippen LogP contribution in [0.15, 0.2) is 29.3 Å². The molecule has 2 heterocycles. The number of halogens is 1. The van der Waals surface area contributed by atoms with Gasteiger partial charge in [0.25, 0.3) is 0 Å². The molecule has 0 atom stereocenters. The molecule has 0 amide bonds. The number of likely N-dealkylation sites (tertiary alicyclic amines) is 1. The predicted octanol–water partition coefficient (Wildman–Crippen LogP) is 3.48. The molecule has 1 aromatic carbocycles. The quantitative estimate of drug-likeness (QED) is 0.405. The summed E-state index contributed by atoms with van der Waals surface area (Å²) in [4.78, 5) is 9.49. The second kappa shape index (κ2) is 9.45. The van der Waals surface area contributed by atoms with Crippen LogP contribution in [0.5, 0.6) is 0 Å². The third-order valence-electron chi connectivity index (χ3n) is 6.39. The topological polar surface area (TPSA) is 40.1 Å². The maximum atomic E-state index is 5.51. The van der Waals surface area contributed by atoms with Crippen molar-refractivity contribution in [3.63, 3.8) is 0 Å². The number of ether oxygens (including phenoxy) is 1. The minimum Gasteiger partial charge on any atom is -0.378 e. The normalized spacial score (nSPS) is 22.2. The molecule has 3 aliphatic rings. The minimum atomic E-state index is 0. The Morgan fingerprint density at radius 1 is 1.11 bits per heavy atom. The van der Waals surface area contributed by atoms with Crippen LogP contribution in [-0.4, -0.2) is 57.3 Å². The SMILES string of the molecule is CN=C(NCc1ccccc1N1CCOCC1)N1CCC2(CCCC2)C1.I. The number of nitrogens with zero attached hydrogens (tertiary/aromatic N) is 3. The average molecular weight is 484 g/mol. The van der Waals surface area contributed by atoms with E-state index < -0.39 is 0 Å². The average Bonchev–Trinajstić information content (AvgIpc) is 3.33. The van der Waals surface area contributed by atoms with Crippen molar-refractivity contribution in [1.29, 1.82) is 0 Å². The van der Waals surface area contributed by atoms with Gasteiger partial charge in [0, 0.05) is 45.5 Å². The standard InChI is InChI=1S/C21H32N4O.HI/c1-22-20(25-11-10-21(17-25)8-4-5-9-21)23-16-18-6-2-3-7-19(18)24-12-14-26-15-13-24;/h2-3,6-7H,4-5,8-17H2,1H3,(H,22,23);1H. The Balaban J connectivity index is 0.00000210. The second-order valence-electron chi connectivity index (χ2n) is 8.01. The van der Waals surface area contributed by atoms with Crippen LogP contribution in [-0.2, 0) is 11.3 Å². The fraction of sp³-hybridized carbons (Fsp3) is 0.667. The number of benzene rings is 1. The molecule has 150 valence electrons. The Hall–Kier alpha value is -1.02. The molecule has 1 aromatic rings. The van der Waals surface area contributed by atoms with Crippen molar-refractivity contribution in [2.75, 3.05) is 51.3 Å². The number of anilines is 1. The van der Waals surface area contributed by atoms with E-state index in [4.69, 9.17) is 4.74 Å². The molecule has 5 nitrogen and oxygen atoms in total. The van der Waals surface area contributed by atoms with Gasteiger partial charge in [0.2, 0.25) is 0 Å². The van der Waals surface area contributed by atoms with Gasteiger partial charge in [0.1, 0.15) is 0 Å². The highest BCUT2D eigenvalue weighted by Gasteiger charge is 2.41. The third-order valence-corrected chi connectivity index (χ3v) is 6.39. The van der Waals surface area contributed by atoms with E-state index in [1.54, 1.807) is 0 Å². The predicted molar refractivity (Wildman–Crippen MR) is 122 cm³/mol. The number of para-hydroxylation sites is 1. The molecule has 4 rings (SSSR count). The Kier molecular flexibility index (Phi) is 7.25. The summed E-state index contributed by atoms with van der Waals surface area (Å²) in [5.74, 6) is 1.06. The third kappa shape index (κ3) is 4.70. The van der Waals surface area contributed by atoms with E-state index >= 15 is 0 Å². The van der Waals surface area contributed by atoms with E-state index in [2.05, 4.69) is 44.4 Å². The molecule has 0 unspecified atom stereocenters. The van der Waals surface area contributed by atoms with Gasteiger partial charge < -0.3 is 19.9 Å². The lowest BCUT2D eigenvalue weighted by molar-refractivity contribution is 0.122. The molecular formula is C21H33IN4O. The van der Waals surface area contributed by atoms with Gasteiger partial charge in [0.05, 0.1) is 13.2 Å². The van der Waals surface area contributed by atoms with E-state index in [1.807, 2.05) is 7.05 Å². The number of morpholine rings is 1. The van der Waals surface area contributed by atoms with Crippen LogP contribution in [0.25, 0.3) is 0 Å². The molecule has 6 heteroatoms. The Morgan fingerprint density at radius 2 is 1.85 bits per heavy atom. The summed E-state index contributed by atoms with van der Waals surface area (Å²) in [6, 6.07) is 8.72. The van der Waals surface area contributed by atoms with E-state index in [0.29, 0.717) is 5.41 Å². The van der Waals surface area contributed by atoms with Gasteiger partial charge in [-0.25, -0.2) is 0 Å². The Bertz CT molecular complexity index is 639. The summed E-state index contributed by atoms with van der Waals surface area (Å²) in [6.07, 6.45) is 6.96. The largest absolute Gasteiger partial charge is 0.378 e. The van der Waals surface area contributed by atoms with E-state index in [0.717, 1.165) is 45.4 Å². The molecule has 1 spiro atoms. The van der Waals surface area contributed by atoms with Crippen molar-refractivity contribution in [1.82, 2.24) is 10.2 Å². The van der Waals surface area contributed by atoms with Crippen LogP contribution in [0.3, 0.4) is 0 Å². The van der Waals surface area contributed by atoms with Crippen molar-refractivity contribution >= 4 is 35.6 Å². The first-order valence-corrected chi connectivity index (χ1v) is 10.2. The van der Waals surface area contributed by atoms with Crippen LogP contribution in [0.2, 0.25) is 0 Å². The van der Waals surface area contributed by atoms with Gasteiger partial charge >= 0.3 is 0 Å². The highest BCUT2D eigenvalue weighted by molar-refractivity contribution is 14.0. The number of hydrogen-bond donors (Lipinski definition) is 1. The molecular weight excluding hydrogens is 451 g/mol. The maximum Gasteiger partial charge on any atom is 0.193 e. The van der Waals surface area contributed by atoms with Crippen LogP contribution in [0.1, 0.15) is 37.7 Å². The summed E-state index contributed by atoms with van der Waals surface area (Å²) >= 11 is 0. The maximum absolute atomic E-state index is 5.51. The smallest absolute Gasteiger partial charge is 0.193 e. The van der Waals surface area contributed by atoms with Gasteiger partial charge in [-0.15, -0.1) is 24.0 Å². The van der Waals surface area contributed by atoms with Crippen molar-refractivity contribution in [2.45, 2.75) is 38.6 Å². The Labute approximate surface area is 180 Å². The zero-order valence-corrected chi connectivity index (χ0v) is 18.8. The van der Waals surface area contributed by atoms with Gasteiger partial charge in [0.15, 0.2) is 5.96 Å². The molecule has 2 aliphatic heterocycles. The number of hydrogen-bond acceptors (Lipinski definition) is 3. The van der Waals surface area contributed by atoms with E-state index in [1.165, 1.54) is 49.9 Å². The number of nitrogens with one attached hydrogen (secondary N) is 1. The van der Waals surface area contributed by atoms with Gasteiger partial charge in [-0.2, -0.15) is 0 Å². The first-order valence-electron chi connectivity index (χ1n) is 10.2. The summed E-state index contributed by atoms with van der Waals surface area (Å²) in [6.45, 7) is 6.73. The zero-order valence-electron chi connectivity index (χ0n) is 16.5. The summed E-state index contributed by atoms with van der Waals surface area (Å²) in [5, 5.41) is 3.63. The monoisotopic (exact) mass is 484 g/mol. The lowest BCUT2D eigenvalue weighted by Crippen LogP contribution is -2.41. The van der Waals surface area contributed by atoms with Crippen LogP contribution in [0.4, 0.5) is 5.69 Å². The van der Waals surface area contributed by atoms with Crippen molar-refractivity contribution in [2.24, 2.45) is 10.4 Å². The van der Waals surface area contributed by atoms with Gasteiger partial charge in [-0.05, 0) is 36.3 Å². The second-order valence-corrected chi connectivity index (χ2v) is 8.01. The van der Waals surface area contributed by atoms with Crippen molar-refractivity contribution in [3.05, 3.63) is 29.8 Å². The number of guanidine groups is 1. The van der Waals surface area contributed by atoms with E-state index in [-0.39, 0.29) is 24.0 Å². The minimum absolute atomic E-state index is 0. The molecule has 0 radical (unpaired) electrons. The number of aliphatic imine (C=N–C) groups is 1. The van der Waals surface area contributed by atoms with Gasteiger partial charge in [-0.3, -0.25) is 4.99 Å². The summed E-state index contributed by atoms with van der Waals surface area (Å²) in [5.41, 5.74) is 3.24. The van der Waals surface area contributed by atoms with Crippen LogP contribution >= 0.6 is 24.0 Å². The first kappa shape index (κ1) is 20.7. The molecule has 3 fully saturated rings. The van der Waals surface area contributed by atoms with Gasteiger partial charge in [-0.1, -0.05) is 31.0 Å². The summed E-state index contributed by atoms with van der Waals surface area (Å²) in [7, 11) is 1.91. The Morgan fingerprint density at radius 3 is 2.59 bits per heavy atom. The van der Waals surface area contributed by atoms with E-state index in [9.17, 15) is 0 Å². The highest BCUT2D eigenvalue weighted by Crippen LogP contribution is 2.45. The molecule has 1 aliphatic carbocycles.